The van der Waals surface area contributed by atoms with E-state index in [1.54, 1.807) is 0 Å². The molecule has 21 heavy (non-hydrogen) atoms. The van der Waals surface area contributed by atoms with Gasteiger partial charge in [0, 0.05) is 38.3 Å². The van der Waals surface area contributed by atoms with Crippen LogP contribution in [0.3, 0.4) is 0 Å². The van der Waals surface area contributed by atoms with E-state index >= 15 is 0 Å². The summed E-state index contributed by atoms with van der Waals surface area (Å²) in [5.41, 5.74) is 8.19. The minimum atomic E-state index is 0.185. The highest BCUT2D eigenvalue weighted by atomic mass is 15.3. The molecule has 1 unspecified atom stereocenters. The highest BCUT2D eigenvalue weighted by Gasteiger charge is 2.21. The van der Waals surface area contributed by atoms with E-state index in [0.29, 0.717) is 11.6 Å². The summed E-state index contributed by atoms with van der Waals surface area (Å²) >= 11 is 0. The average molecular weight is 286 g/mol. The summed E-state index contributed by atoms with van der Waals surface area (Å²) in [6, 6.07) is 10.7. The number of rotatable bonds is 5. The quantitative estimate of drug-likeness (QED) is 0.890. The molecule has 114 valence electrons. The number of hydrogen-bond donors (Lipinski definition) is 1. The number of nitrogens with zero attached hydrogens (tertiary/aromatic N) is 3. The van der Waals surface area contributed by atoms with Crippen LogP contribution < -0.4 is 5.73 Å². The molecule has 4 heteroatoms. The van der Waals surface area contributed by atoms with Gasteiger partial charge in [-0.25, -0.2) is 0 Å². The molecule has 1 aliphatic heterocycles. The zero-order chi connectivity index (χ0) is 15.2. The number of nitriles is 1. The molecular formula is C17H26N4. The molecule has 1 aliphatic rings. The van der Waals surface area contributed by atoms with Gasteiger partial charge in [0.05, 0.1) is 11.6 Å². The fraction of sp³-hybridized carbons (Fsp3) is 0.588. The van der Waals surface area contributed by atoms with Crippen molar-refractivity contribution in [2.75, 3.05) is 33.2 Å². The first-order valence-corrected chi connectivity index (χ1v) is 7.75. The summed E-state index contributed by atoms with van der Waals surface area (Å²) in [6.45, 7) is 6.80. The van der Waals surface area contributed by atoms with Gasteiger partial charge in [-0.3, -0.25) is 4.90 Å². The van der Waals surface area contributed by atoms with Crippen LogP contribution in [0.4, 0.5) is 0 Å². The van der Waals surface area contributed by atoms with Crippen LogP contribution in [0.2, 0.25) is 0 Å². The van der Waals surface area contributed by atoms with Gasteiger partial charge in [0.25, 0.3) is 0 Å². The van der Waals surface area contributed by atoms with E-state index < -0.39 is 0 Å². The van der Waals surface area contributed by atoms with Gasteiger partial charge < -0.3 is 10.6 Å². The Bertz CT molecular complexity index is 477. The van der Waals surface area contributed by atoms with Gasteiger partial charge >= 0.3 is 0 Å². The minimum absolute atomic E-state index is 0.185. The predicted molar refractivity (Wildman–Crippen MR) is 86.0 cm³/mol. The van der Waals surface area contributed by atoms with Gasteiger partial charge in [-0.1, -0.05) is 12.1 Å². The van der Waals surface area contributed by atoms with Crippen molar-refractivity contribution in [1.29, 1.82) is 5.26 Å². The van der Waals surface area contributed by atoms with Crippen LogP contribution in [0.15, 0.2) is 24.3 Å². The smallest absolute Gasteiger partial charge is 0.0991 e. The number of benzene rings is 1. The van der Waals surface area contributed by atoms with E-state index in [0.717, 1.165) is 39.0 Å². The van der Waals surface area contributed by atoms with Gasteiger partial charge in [-0.2, -0.15) is 5.26 Å². The van der Waals surface area contributed by atoms with Crippen molar-refractivity contribution in [3.05, 3.63) is 35.4 Å². The molecule has 0 bridgehead atoms. The normalized spacial score (nSPS) is 21.9. The third-order valence-electron chi connectivity index (χ3n) is 4.34. The van der Waals surface area contributed by atoms with Crippen molar-refractivity contribution < 1.29 is 0 Å². The molecule has 0 radical (unpaired) electrons. The van der Waals surface area contributed by atoms with Crippen molar-refractivity contribution in [1.82, 2.24) is 9.80 Å². The highest BCUT2D eigenvalue weighted by molar-refractivity contribution is 5.31. The van der Waals surface area contributed by atoms with E-state index in [-0.39, 0.29) is 6.04 Å². The highest BCUT2D eigenvalue weighted by Crippen LogP contribution is 2.11. The van der Waals surface area contributed by atoms with Crippen LogP contribution in [0, 0.1) is 11.3 Å². The molecule has 2 atom stereocenters. The number of hydrogen-bond acceptors (Lipinski definition) is 4. The molecule has 2 N–H and O–H groups in total. The summed E-state index contributed by atoms with van der Waals surface area (Å²) in [5.74, 6) is 0. The fourth-order valence-corrected chi connectivity index (χ4v) is 2.96. The molecular weight excluding hydrogens is 260 g/mol. The third kappa shape index (κ3) is 4.82. The van der Waals surface area contributed by atoms with E-state index in [1.165, 1.54) is 5.56 Å². The van der Waals surface area contributed by atoms with E-state index in [2.05, 4.69) is 29.8 Å². The lowest BCUT2D eigenvalue weighted by Crippen LogP contribution is -2.51. The molecule has 4 nitrogen and oxygen atoms in total. The van der Waals surface area contributed by atoms with Gasteiger partial charge in [0.2, 0.25) is 0 Å². The first-order chi connectivity index (χ1) is 10.1. The molecule has 1 fully saturated rings. The zero-order valence-corrected chi connectivity index (χ0v) is 13.1. The van der Waals surface area contributed by atoms with Crippen LogP contribution in [-0.2, 0) is 6.42 Å². The average Bonchev–Trinajstić information content (AvgIpc) is 2.47. The Morgan fingerprint density at radius 1 is 1.33 bits per heavy atom. The lowest BCUT2D eigenvalue weighted by molar-refractivity contribution is 0.0973. The largest absolute Gasteiger partial charge is 0.327 e. The summed E-state index contributed by atoms with van der Waals surface area (Å²) in [4.78, 5) is 4.93. The molecule has 0 amide bonds. The van der Waals surface area contributed by atoms with Crippen LogP contribution in [-0.4, -0.2) is 55.1 Å². The van der Waals surface area contributed by atoms with Gasteiger partial charge in [0.15, 0.2) is 0 Å². The second kappa shape index (κ2) is 7.56. The van der Waals surface area contributed by atoms with E-state index in [4.69, 9.17) is 11.0 Å². The number of nitrogens with two attached hydrogens (primary N) is 1. The standard InChI is InChI=1S/C17H26N4/c1-14-13-20(2)9-10-21(14)8-7-17(19)11-15-3-5-16(12-18)6-4-15/h3-6,14,17H,7-11,13,19H2,1-2H3/t14?,17-/m0/s1. The summed E-state index contributed by atoms with van der Waals surface area (Å²) in [5, 5.41) is 8.80. The summed E-state index contributed by atoms with van der Waals surface area (Å²) < 4.78 is 0. The minimum Gasteiger partial charge on any atom is -0.327 e. The molecule has 2 rings (SSSR count). The Hall–Kier alpha value is -1.41. The van der Waals surface area contributed by atoms with Crippen molar-refractivity contribution >= 4 is 0 Å². The maximum absolute atomic E-state index is 8.80. The summed E-state index contributed by atoms with van der Waals surface area (Å²) in [6.07, 6.45) is 1.90. The second-order valence-electron chi connectivity index (χ2n) is 6.21. The molecule has 1 heterocycles. The predicted octanol–water partition coefficient (Wildman–Crippen LogP) is 1.45. The SMILES string of the molecule is CC1CN(C)CCN1CC[C@H](N)Cc1ccc(C#N)cc1. The lowest BCUT2D eigenvalue weighted by Gasteiger charge is -2.38. The number of piperazine rings is 1. The maximum Gasteiger partial charge on any atom is 0.0991 e. The van der Waals surface area contributed by atoms with Crippen molar-refractivity contribution in [3.63, 3.8) is 0 Å². The zero-order valence-electron chi connectivity index (χ0n) is 13.1. The van der Waals surface area contributed by atoms with Gasteiger partial charge in [0.1, 0.15) is 0 Å². The summed E-state index contributed by atoms with van der Waals surface area (Å²) in [7, 11) is 2.18. The second-order valence-corrected chi connectivity index (χ2v) is 6.21. The first kappa shape index (κ1) is 16.0. The molecule has 0 spiro atoms. The molecule has 0 aromatic heterocycles. The van der Waals surface area contributed by atoms with Gasteiger partial charge in [-0.15, -0.1) is 0 Å². The third-order valence-corrected chi connectivity index (χ3v) is 4.34. The molecule has 1 aromatic rings. The van der Waals surface area contributed by atoms with Gasteiger partial charge in [-0.05, 0) is 44.5 Å². The van der Waals surface area contributed by atoms with Crippen molar-refractivity contribution in [3.8, 4) is 6.07 Å². The fourth-order valence-electron chi connectivity index (χ4n) is 2.96. The molecule has 1 saturated heterocycles. The van der Waals surface area contributed by atoms with Crippen LogP contribution >= 0.6 is 0 Å². The Kier molecular flexibility index (Phi) is 5.75. The lowest BCUT2D eigenvalue weighted by atomic mass is 10.0. The van der Waals surface area contributed by atoms with Crippen molar-refractivity contribution in [2.24, 2.45) is 5.73 Å². The van der Waals surface area contributed by atoms with E-state index in [9.17, 15) is 0 Å². The number of likely N-dealkylation sites (N-methyl/N-ethyl adjacent to an activating group) is 1. The molecule has 1 aromatic carbocycles. The Morgan fingerprint density at radius 2 is 2.05 bits per heavy atom. The van der Waals surface area contributed by atoms with Crippen molar-refractivity contribution in [2.45, 2.75) is 31.8 Å². The van der Waals surface area contributed by atoms with E-state index in [1.807, 2.05) is 24.3 Å². The maximum atomic E-state index is 8.80. The van der Waals surface area contributed by atoms with Crippen LogP contribution in [0.25, 0.3) is 0 Å². The Balaban J connectivity index is 1.76. The van der Waals surface area contributed by atoms with Crippen LogP contribution in [0.1, 0.15) is 24.5 Å². The molecule has 0 saturated carbocycles. The topological polar surface area (TPSA) is 56.3 Å². The first-order valence-electron chi connectivity index (χ1n) is 7.75. The van der Waals surface area contributed by atoms with Crippen LogP contribution in [0.5, 0.6) is 0 Å². The monoisotopic (exact) mass is 286 g/mol. The molecule has 0 aliphatic carbocycles. The Morgan fingerprint density at radius 3 is 2.67 bits per heavy atom. The Labute approximate surface area is 128 Å².